The highest BCUT2D eigenvalue weighted by Crippen LogP contribution is 2.27. The highest BCUT2D eigenvalue weighted by atomic mass is 19.2. The first kappa shape index (κ1) is 16.2. The maximum atomic E-state index is 13.4. The monoisotopic (exact) mass is 296 g/mol. The average Bonchev–Trinajstić information content (AvgIpc) is 2.38. The molecule has 8 heteroatoms. The molecule has 0 radical (unpaired) electrons. The topological polar surface area (TPSA) is 41.1 Å². The van der Waals surface area contributed by atoms with Gasteiger partial charge >= 0.3 is 0 Å². The number of carbonyl (C=O) groups excluding carboxylic acids is 1. The number of anilines is 1. The van der Waals surface area contributed by atoms with Crippen molar-refractivity contribution in [2.75, 3.05) is 5.32 Å². The highest BCUT2D eigenvalue weighted by Gasteiger charge is 2.27. The molecule has 3 nitrogen and oxygen atoms in total. The molecule has 0 heterocycles. The van der Waals surface area contributed by atoms with Gasteiger partial charge in [-0.2, -0.15) is 0 Å². The molecule has 1 atom stereocenters. The molecular weight excluding hydrogens is 283 g/mol. The molecule has 112 valence electrons. The fourth-order valence-corrected chi connectivity index (χ4v) is 1.42. The predicted molar refractivity (Wildman–Crippen MR) is 62.6 cm³/mol. The van der Waals surface area contributed by atoms with Crippen LogP contribution in [0.2, 0.25) is 0 Å². The fraction of sp³-hybridized carbons (Fsp3) is 0.417. The molecule has 2 N–H and O–H groups in total. The van der Waals surface area contributed by atoms with E-state index in [1.54, 1.807) is 13.8 Å². The van der Waals surface area contributed by atoms with Crippen LogP contribution in [0.15, 0.2) is 0 Å². The Bertz CT molecular complexity index is 504. The number of hydrogen-bond acceptors (Lipinski definition) is 2. The highest BCUT2D eigenvalue weighted by molar-refractivity contribution is 5.84. The van der Waals surface area contributed by atoms with Crippen molar-refractivity contribution in [1.82, 2.24) is 5.32 Å². The second-order valence-corrected chi connectivity index (χ2v) is 4.47. The first-order valence-corrected chi connectivity index (χ1v) is 5.75. The Morgan fingerprint density at radius 1 is 0.850 bits per heavy atom. The van der Waals surface area contributed by atoms with E-state index in [0.29, 0.717) is 0 Å². The Balaban J connectivity index is 3.07. The van der Waals surface area contributed by atoms with Crippen molar-refractivity contribution in [3.05, 3.63) is 29.1 Å². The molecule has 0 fully saturated rings. The summed E-state index contributed by atoms with van der Waals surface area (Å²) in [4.78, 5) is 11.5. The minimum atomic E-state index is -2.25. The summed E-state index contributed by atoms with van der Waals surface area (Å²) in [7, 11) is 0. The van der Waals surface area contributed by atoms with Crippen LogP contribution >= 0.6 is 0 Å². The lowest BCUT2D eigenvalue weighted by Gasteiger charge is -2.18. The standard InChI is InChI=1S/C12H13F5N2O/c1-4(2)18-12(20)5(3)19-11-9(16)7(14)6(13)8(15)10(11)17/h4-5,19H,1-3H3,(H,18,20). The number of nitrogens with one attached hydrogen (secondary N) is 2. The lowest BCUT2D eigenvalue weighted by molar-refractivity contribution is -0.122. The summed E-state index contributed by atoms with van der Waals surface area (Å²) < 4.78 is 65.5. The van der Waals surface area contributed by atoms with Crippen molar-refractivity contribution in [3.63, 3.8) is 0 Å². The molecule has 0 aliphatic rings. The minimum absolute atomic E-state index is 0.233. The Hall–Kier alpha value is -1.86. The molecule has 1 unspecified atom stereocenters. The number of rotatable bonds is 4. The van der Waals surface area contributed by atoms with Gasteiger partial charge in [-0.25, -0.2) is 22.0 Å². The van der Waals surface area contributed by atoms with Crippen LogP contribution in [0.1, 0.15) is 20.8 Å². The Labute approximate surface area is 112 Å². The van der Waals surface area contributed by atoms with E-state index in [0.717, 1.165) is 0 Å². The van der Waals surface area contributed by atoms with Crippen LogP contribution in [0.3, 0.4) is 0 Å². The van der Waals surface area contributed by atoms with Gasteiger partial charge in [0.15, 0.2) is 23.3 Å². The molecule has 1 aromatic carbocycles. The maximum Gasteiger partial charge on any atom is 0.242 e. The number of hydrogen-bond donors (Lipinski definition) is 2. The van der Waals surface area contributed by atoms with E-state index >= 15 is 0 Å². The maximum absolute atomic E-state index is 13.4. The molecule has 0 saturated heterocycles. The second-order valence-electron chi connectivity index (χ2n) is 4.47. The average molecular weight is 296 g/mol. The van der Waals surface area contributed by atoms with Gasteiger partial charge in [-0.3, -0.25) is 4.79 Å². The van der Waals surface area contributed by atoms with E-state index in [-0.39, 0.29) is 6.04 Å². The molecule has 1 rings (SSSR count). The quantitative estimate of drug-likeness (QED) is 0.509. The van der Waals surface area contributed by atoms with Gasteiger partial charge in [0.2, 0.25) is 11.7 Å². The summed E-state index contributed by atoms with van der Waals surface area (Å²) in [6.45, 7) is 4.54. The van der Waals surface area contributed by atoms with Crippen molar-refractivity contribution in [1.29, 1.82) is 0 Å². The zero-order chi connectivity index (χ0) is 15.6. The summed E-state index contributed by atoms with van der Waals surface area (Å²) in [5, 5.41) is 4.42. The van der Waals surface area contributed by atoms with Crippen LogP contribution in [0.4, 0.5) is 27.6 Å². The lowest BCUT2D eigenvalue weighted by Crippen LogP contribution is -2.41. The molecule has 0 bridgehead atoms. The van der Waals surface area contributed by atoms with Crippen molar-refractivity contribution >= 4 is 11.6 Å². The third kappa shape index (κ3) is 3.17. The molecule has 1 amide bonds. The van der Waals surface area contributed by atoms with Gasteiger partial charge < -0.3 is 10.6 Å². The zero-order valence-electron chi connectivity index (χ0n) is 11.0. The van der Waals surface area contributed by atoms with E-state index < -0.39 is 46.7 Å². The second kappa shape index (κ2) is 6.06. The van der Waals surface area contributed by atoms with Crippen LogP contribution in [0.5, 0.6) is 0 Å². The first-order valence-electron chi connectivity index (χ1n) is 5.75. The first-order chi connectivity index (χ1) is 9.16. The molecule has 1 aromatic rings. The van der Waals surface area contributed by atoms with E-state index in [2.05, 4.69) is 5.32 Å². The molecule has 0 aromatic heterocycles. The fourth-order valence-electron chi connectivity index (χ4n) is 1.42. The van der Waals surface area contributed by atoms with Gasteiger partial charge in [-0.1, -0.05) is 0 Å². The molecule has 0 spiro atoms. The molecule has 0 aliphatic carbocycles. The van der Waals surface area contributed by atoms with Crippen LogP contribution in [-0.4, -0.2) is 18.0 Å². The summed E-state index contributed by atoms with van der Waals surface area (Å²) >= 11 is 0. The van der Waals surface area contributed by atoms with Gasteiger partial charge in [-0.15, -0.1) is 0 Å². The van der Waals surface area contributed by atoms with Gasteiger partial charge in [0.1, 0.15) is 11.7 Å². The van der Waals surface area contributed by atoms with Gasteiger partial charge in [0.05, 0.1) is 0 Å². The van der Waals surface area contributed by atoms with E-state index in [4.69, 9.17) is 0 Å². The van der Waals surface area contributed by atoms with Crippen molar-refractivity contribution in [2.45, 2.75) is 32.9 Å². The van der Waals surface area contributed by atoms with Gasteiger partial charge in [-0.05, 0) is 20.8 Å². The molecule has 0 aliphatic heterocycles. The SMILES string of the molecule is CC(C)NC(=O)C(C)Nc1c(F)c(F)c(F)c(F)c1F. The Morgan fingerprint density at radius 2 is 1.25 bits per heavy atom. The molecular formula is C12H13F5N2O. The number of amides is 1. The Kier molecular flexibility index (Phi) is 4.91. The summed E-state index contributed by atoms with van der Waals surface area (Å²) in [5.41, 5.74) is -1.23. The van der Waals surface area contributed by atoms with Gasteiger partial charge in [0.25, 0.3) is 0 Å². The normalized spacial score (nSPS) is 12.4. The van der Waals surface area contributed by atoms with E-state index in [1.165, 1.54) is 6.92 Å². The summed E-state index contributed by atoms with van der Waals surface area (Å²) in [6, 6.07) is -1.41. The van der Waals surface area contributed by atoms with Crippen LogP contribution in [0.25, 0.3) is 0 Å². The third-order valence-corrected chi connectivity index (χ3v) is 2.39. The van der Waals surface area contributed by atoms with Crippen molar-refractivity contribution in [3.8, 4) is 0 Å². The number of benzene rings is 1. The number of halogens is 5. The van der Waals surface area contributed by atoms with E-state index in [9.17, 15) is 26.7 Å². The Morgan fingerprint density at radius 3 is 1.65 bits per heavy atom. The predicted octanol–water partition coefficient (Wildman–Crippen LogP) is 2.71. The molecule has 0 saturated carbocycles. The lowest BCUT2D eigenvalue weighted by atomic mass is 10.2. The zero-order valence-corrected chi connectivity index (χ0v) is 11.0. The number of carbonyl (C=O) groups is 1. The van der Waals surface area contributed by atoms with E-state index in [1.807, 2.05) is 5.32 Å². The summed E-state index contributed by atoms with van der Waals surface area (Å²) in [6.07, 6.45) is 0. The van der Waals surface area contributed by atoms with Crippen molar-refractivity contribution < 1.29 is 26.7 Å². The van der Waals surface area contributed by atoms with Crippen LogP contribution in [0, 0.1) is 29.1 Å². The van der Waals surface area contributed by atoms with Crippen molar-refractivity contribution in [2.24, 2.45) is 0 Å². The summed E-state index contributed by atoms with van der Waals surface area (Å²) in [5.74, 6) is -11.0. The molecule has 20 heavy (non-hydrogen) atoms. The van der Waals surface area contributed by atoms with Gasteiger partial charge in [0, 0.05) is 6.04 Å². The smallest absolute Gasteiger partial charge is 0.242 e. The largest absolute Gasteiger partial charge is 0.369 e. The van der Waals surface area contributed by atoms with Crippen LogP contribution in [-0.2, 0) is 4.79 Å². The minimum Gasteiger partial charge on any atom is -0.369 e. The van der Waals surface area contributed by atoms with Crippen LogP contribution < -0.4 is 10.6 Å². The third-order valence-electron chi connectivity index (χ3n) is 2.39.